The Hall–Kier alpha value is -4.46. The summed E-state index contributed by atoms with van der Waals surface area (Å²) in [4.78, 5) is 38.6. The fourth-order valence-electron chi connectivity index (χ4n) is 7.08. The van der Waals surface area contributed by atoms with Crippen LogP contribution in [0.15, 0.2) is 121 Å². The Kier molecular flexibility index (Phi) is 7.31. The Balaban J connectivity index is 1.63. The maximum atomic E-state index is 14.1. The average Bonchev–Trinajstić information content (AvgIpc) is 3.66. The van der Waals surface area contributed by atoms with E-state index in [0.717, 1.165) is 22.4 Å². The number of ether oxygens (including phenoxy) is 1. The van der Waals surface area contributed by atoms with E-state index in [1.165, 1.54) is 4.90 Å². The van der Waals surface area contributed by atoms with Gasteiger partial charge in [-0.1, -0.05) is 67.3 Å². The van der Waals surface area contributed by atoms with Gasteiger partial charge >= 0.3 is 0 Å². The van der Waals surface area contributed by atoms with Gasteiger partial charge in [-0.25, -0.2) is 0 Å². The molecule has 1 saturated carbocycles. The fraction of sp³-hybridized carbons (Fsp3) is 0.257. The van der Waals surface area contributed by atoms with Crippen LogP contribution in [0.4, 0.5) is 0 Å². The van der Waals surface area contributed by atoms with Gasteiger partial charge in [0.15, 0.2) is 5.60 Å². The number of nitrogens with zero attached hydrogens (tertiary/aromatic N) is 3. The highest BCUT2D eigenvalue weighted by Gasteiger charge is 2.66. The lowest BCUT2D eigenvalue weighted by Gasteiger charge is -2.36. The third-order valence-electron chi connectivity index (χ3n) is 8.82. The zero-order valence-corrected chi connectivity index (χ0v) is 23.7. The number of rotatable bonds is 9. The third-order valence-corrected chi connectivity index (χ3v) is 8.82. The van der Waals surface area contributed by atoms with E-state index in [4.69, 9.17) is 4.74 Å². The van der Waals surface area contributed by atoms with E-state index in [-0.39, 0.29) is 25.0 Å². The number of imide groups is 1. The van der Waals surface area contributed by atoms with Crippen LogP contribution < -0.4 is 0 Å². The first-order valence-corrected chi connectivity index (χ1v) is 14.2. The van der Waals surface area contributed by atoms with Crippen LogP contribution in [-0.2, 0) is 19.9 Å². The molecule has 0 radical (unpaired) electrons. The number of allylic oxidation sites excluding steroid dienone is 6. The van der Waals surface area contributed by atoms with E-state index in [2.05, 4.69) is 16.5 Å². The molecular formula is C35H33N3O4. The highest BCUT2D eigenvalue weighted by atomic mass is 16.5. The van der Waals surface area contributed by atoms with E-state index < -0.39 is 29.3 Å². The van der Waals surface area contributed by atoms with Gasteiger partial charge in [0.1, 0.15) is 0 Å². The summed E-state index contributed by atoms with van der Waals surface area (Å²) in [5.41, 5.74) is 3.42. The quantitative estimate of drug-likeness (QED) is 0.232. The zero-order chi connectivity index (χ0) is 29.4. The molecule has 7 nitrogen and oxygen atoms in total. The van der Waals surface area contributed by atoms with Crippen molar-refractivity contribution in [1.82, 2.24) is 14.9 Å². The Labute approximate surface area is 245 Å². The number of aliphatic hydroxyl groups is 1. The van der Waals surface area contributed by atoms with Gasteiger partial charge in [0.05, 0.1) is 36.4 Å². The van der Waals surface area contributed by atoms with Crippen LogP contribution in [0.1, 0.15) is 23.9 Å². The molecule has 1 aliphatic heterocycles. The molecule has 2 bridgehead atoms. The van der Waals surface area contributed by atoms with Crippen LogP contribution in [0.5, 0.6) is 0 Å². The zero-order valence-electron chi connectivity index (χ0n) is 23.7. The Bertz CT molecular complexity index is 1570. The second-order valence-electron chi connectivity index (χ2n) is 10.8. The molecule has 1 aromatic carbocycles. The van der Waals surface area contributed by atoms with Crippen molar-refractivity contribution >= 4 is 17.4 Å². The summed E-state index contributed by atoms with van der Waals surface area (Å²) in [6.45, 7) is 6.45. The number of carbonyl (C=O) groups is 2. The maximum Gasteiger partial charge on any atom is 0.234 e. The highest BCUT2D eigenvalue weighted by molar-refractivity contribution is 6.08. The van der Waals surface area contributed by atoms with E-state index >= 15 is 0 Å². The molecule has 7 heteroatoms. The number of hydrogen-bond acceptors (Lipinski definition) is 6. The smallest absolute Gasteiger partial charge is 0.234 e. The average molecular weight is 560 g/mol. The molecule has 1 N–H and O–H groups in total. The van der Waals surface area contributed by atoms with Gasteiger partial charge < -0.3 is 9.84 Å². The first-order valence-electron chi connectivity index (χ1n) is 14.2. The SMILES string of the molecule is C=C/C(=C\C)C(=C1C2C=C(C(O)(c3ccccc3)c3ccccn3)C1C1C(=O)N(CCOC)C(=O)C21)c1ccccn1. The number of carbonyl (C=O) groups excluding carboxylic acids is 2. The fourth-order valence-corrected chi connectivity index (χ4v) is 7.08. The van der Waals surface area contributed by atoms with Gasteiger partial charge in [-0.2, -0.15) is 0 Å². The summed E-state index contributed by atoms with van der Waals surface area (Å²) in [5, 5.41) is 12.8. The minimum atomic E-state index is -1.64. The topological polar surface area (TPSA) is 92.6 Å². The van der Waals surface area contributed by atoms with Crippen molar-refractivity contribution < 1.29 is 19.4 Å². The van der Waals surface area contributed by atoms with Crippen molar-refractivity contribution in [3.05, 3.63) is 138 Å². The van der Waals surface area contributed by atoms with Crippen molar-refractivity contribution in [2.45, 2.75) is 12.5 Å². The highest BCUT2D eigenvalue weighted by Crippen LogP contribution is 2.64. The van der Waals surface area contributed by atoms with Crippen LogP contribution in [0.2, 0.25) is 0 Å². The Morgan fingerprint density at radius 1 is 1.00 bits per heavy atom. The summed E-state index contributed by atoms with van der Waals surface area (Å²) in [6.07, 6.45) is 9.14. The molecule has 0 spiro atoms. The summed E-state index contributed by atoms with van der Waals surface area (Å²) in [5.74, 6) is -2.69. The van der Waals surface area contributed by atoms with Crippen molar-refractivity contribution in [1.29, 1.82) is 0 Å². The van der Waals surface area contributed by atoms with Crippen LogP contribution in [0.25, 0.3) is 5.57 Å². The molecule has 3 aliphatic rings. The third kappa shape index (κ3) is 4.11. The van der Waals surface area contributed by atoms with Crippen LogP contribution >= 0.6 is 0 Å². The molecular weight excluding hydrogens is 526 g/mol. The largest absolute Gasteiger partial charge is 0.383 e. The number of aromatic nitrogens is 2. The lowest BCUT2D eigenvalue weighted by Crippen LogP contribution is -2.39. The number of methoxy groups -OCH3 is 1. The van der Waals surface area contributed by atoms with Gasteiger partial charge in [-0.15, -0.1) is 0 Å². The van der Waals surface area contributed by atoms with Crippen molar-refractivity contribution in [2.24, 2.45) is 23.7 Å². The van der Waals surface area contributed by atoms with Gasteiger partial charge in [-0.05, 0) is 53.5 Å². The molecule has 3 aromatic rings. The van der Waals surface area contributed by atoms with E-state index in [9.17, 15) is 14.7 Å². The maximum absolute atomic E-state index is 14.1. The first-order chi connectivity index (χ1) is 20.5. The second-order valence-corrected chi connectivity index (χ2v) is 10.8. The lowest BCUT2D eigenvalue weighted by molar-refractivity contribution is -0.141. The molecule has 212 valence electrons. The molecule has 2 aliphatic carbocycles. The minimum absolute atomic E-state index is 0.193. The molecule has 42 heavy (non-hydrogen) atoms. The van der Waals surface area contributed by atoms with Crippen molar-refractivity contribution in [3.8, 4) is 0 Å². The molecule has 2 amide bonds. The molecule has 2 fully saturated rings. The standard InChI is InChI=1S/C35H33N3O4/c1-4-22(5-2)28(26-15-9-11-17-36-26)29-24-21-25(31(29)32-30(24)33(39)38(34(32)40)19-20-42-3)35(41,23-13-7-6-8-14-23)27-16-10-12-18-37-27/h4-18,21,24,30-32,41H,1,19-20H2,2-3H3/b22-5+,29-28?. The number of pyridine rings is 2. The van der Waals surface area contributed by atoms with Gasteiger partial charge in [0, 0.05) is 36.9 Å². The lowest BCUT2D eigenvalue weighted by atomic mass is 9.71. The molecule has 5 unspecified atom stereocenters. The van der Waals surface area contributed by atoms with Crippen LogP contribution in [0.3, 0.4) is 0 Å². The number of hydrogen-bond donors (Lipinski definition) is 1. The molecule has 3 heterocycles. The van der Waals surface area contributed by atoms with Crippen LogP contribution in [0, 0.1) is 23.7 Å². The number of benzene rings is 1. The summed E-state index contributed by atoms with van der Waals surface area (Å²) >= 11 is 0. The van der Waals surface area contributed by atoms with Crippen molar-refractivity contribution in [2.75, 3.05) is 20.3 Å². The minimum Gasteiger partial charge on any atom is -0.383 e. The van der Waals surface area contributed by atoms with E-state index in [0.29, 0.717) is 16.8 Å². The van der Waals surface area contributed by atoms with Crippen LogP contribution in [-0.4, -0.2) is 52.1 Å². The monoisotopic (exact) mass is 559 g/mol. The Morgan fingerprint density at radius 2 is 1.69 bits per heavy atom. The van der Waals surface area contributed by atoms with E-state index in [1.807, 2.05) is 73.7 Å². The van der Waals surface area contributed by atoms with Gasteiger partial charge in [-0.3, -0.25) is 24.5 Å². The molecule has 5 atom stereocenters. The molecule has 6 rings (SSSR count). The summed E-state index contributed by atoms with van der Waals surface area (Å²) in [7, 11) is 1.55. The van der Waals surface area contributed by atoms with Gasteiger partial charge in [0.25, 0.3) is 0 Å². The molecule has 1 saturated heterocycles. The predicted molar refractivity (Wildman–Crippen MR) is 159 cm³/mol. The van der Waals surface area contributed by atoms with Crippen molar-refractivity contribution in [3.63, 3.8) is 0 Å². The van der Waals surface area contributed by atoms with E-state index in [1.54, 1.807) is 37.7 Å². The second kappa shape index (κ2) is 11.1. The number of fused-ring (bicyclic) bond motifs is 5. The Morgan fingerprint density at radius 3 is 2.31 bits per heavy atom. The first kappa shape index (κ1) is 27.7. The number of likely N-dealkylation sites (tertiary alicyclic amines) is 1. The summed E-state index contributed by atoms with van der Waals surface area (Å²) < 4.78 is 5.22. The van der Waals surface area contributed by atoms with Gasteiger partial charge in [0.2, 0.25) is 11.8 Å². The number of amides is 2. The molecule has 2 aromatic heterocycles. The summed E-state index contributed by atoms with van der Waals surface area (Å²) in [6, 6.07) is 20.5. The normalized spacial score (nSPS) is 25.7. The predicted octanol–water partition coefficient (Wildman–Crippen LogP) is 4.73.